The van der Waals surface area contributed by atoms with Gasteiger partial charge in [0.2, 0.25) is 0 Å². The predicted molar refractivity (Wildman–Crippen MR) is 67.5 cm³/mol. The Kier molecular flexibility index (Phi) is 3.89. The third-order valence-electron chi connectivity index (χ3n) is 2.93. The molecule has 0 saturated carbocycles. The second kappa shape index (κ2) is 5.41. The largest absolute Gasteiger partial charge is 0.545 e. The van der Waals surface area contributed by atoms with Crippen molar-refractivity contribution in [2.45, 2.75) is 37.5 Å². The average Bonchev–Trinajstić information content (AvgIpc) is 2.32. The summed E-state index contributed by atoms with van der Waals surface area (Å²) in [6.07, 6.45) is 3.55. The molecular formula is C14H15O2S-. The second-order valence-corrected chi connectivity index (χ2v) is 5.48. The number of hydrogen-bond donors (Lipinski definition) is 0. The zero-order valence-corrected chi connectivity index (χ0v) is 10.7. The molecule has 0 radical (unpaired) electrons. The first-order valence-electron chi connectivity index (χ1n) is 5.84. The maximum Gasteiger partial charge on any atom is 0.0682 e. The summed E-state index contributed by atoms with van der Waals surface area (Å²) in [6, 6.07) is 8.16. The van der Waals surface area contributed by atoms with Crippen LogP contribution in [0, 0.1) is 6.92 Å². The Hall–Kier alpha value is -1.22. The standard InChI is InChI=1S/C14H16O2S/c1-10-6-8-11(9-7-10)17-13-5-3-2-4-12(13)14(15)16/h6-9H,2-5H2,1H3,(H,15,16)/p-1. The number of carbonyl (C=O) groups is 1. The van der Waals surface area contributed by atoms with E-state index in [1.165, 1.54) is 5.56 Å². The van der Waals surface area contributed by atoms with Gasteiger partial charge < -0.3 is 9.90 Å². The highest BCUT2D eigenvalue weighted by atomic mass is 32.2. The van der Waals surface area contributed by atoms with Gasteiger partial charge in [0, 0.05) is 4.90 Å². The predicted octanol–water partition coefficient (Wildman–Crippen LogP) is 2.67. The van der Waals surface area contributed by atoms with Crippen molar-refractivity contribution in [3.8, 4) is 0 Å². The molecule has 2 nitrogen and oxygen atoms in total. The van der Waals surface area contributed by atoms with Crippen LogP contribution >= 0.6 is 11.8 Å². The van der Waals surface area contributed by atoms with Crippen molar-refractivity contribution in [3.63, 3.8) is 0 Å². The molecule has 0 spiro atoms. The molecule has 0 unspecified atom stereocenters. The Morgan fingerprint density at radius 1 is 1.18 bits per heavy atom. The summed E-state index contributed by atoms with van der Waals surface area (Å²) in [6.45, 7) is 2.04. The Balaban J connectivity index is 2.21. The quantitative estimate of drug-likeness (QED) is 0.824. The zero-order chi connectivity index (χ0) is 12.3. The van der Waals surface area contributed by atoms with Crippen molar-refractivity contribution in [2.24, 2.45) is 0 Å². The molecule has 1 aliphatic carbocycles. The fourth-order valence-electron chi connectivity index (χ4n) is 1.95. The second-order valence-electron chi connectivity index (χ2n) is 4.31. The molecule has 17 heavy (non-hydrogen) atoms. The summed E-state index contributed by atoms with van der Waals surface area (Å²) in [5.74, 6) is -1.00. The Morgan fingerprint density at radius 2 is 1.82 bits per heavy atom. The van der Waals surface area contributed by atoms with E-state index >= 15 is 0 Å². The molecule has 1 aromatic carbocycles. The minimum absolute atomic E-state index is 0.502. The van der Waals surface area contributed by atoms with Gasteiger partial charge >= 0.3 is 0 Å². The first kappa shape index (κ1) is 12.2. The number of aliphatic carboxylic acids is 1. The Labute approximate surface area is 106 Å². The van der Waals surface area contributed by atoms with Gasteiger partial charge in [-0.2, -0.15) is 0 Å². The van der Waals surface area contributed by atoms with Crippen LogP contribution < -0.4 is 5.11 Å². The van der Waals surface area contributed by atoms with E-state index in [9.17, 15) is 9.90 Å². The van der Waals surface area contributed by atoms with Crippen LogP contribution in [0.5, 0.6) is 0 Å². The Morgan fingerprint density at radius 3 is 2.47 bits per heavy atom. The van der Waals surface area contributed by atoms with E-state index < -0.39 is 5.97 Å². The number of allylic oxidation sites excluding steroid dienone is 1. The van der Waals surface area contributed by atoms with Crippen LogP contribution in [0.25, 0.3) is 0 Å². The maximum atomic E-state index is 11.0. The van der Waals surface area contributed by atoms with E-state index in [-0.39, 0.29) is 0 Å². The van der Waals surface area contributed by atoms with Gasteiger partial charge in [-0.3, -0.25) is 0 Å². The summed E-state index contributed by atoms with van der Waals surface area (Å²) in [4.78, 5) is 13.1. The zero-order valence-electron chi connectivity index (χ0n) is 9.86. The molecule has 0 heterocycles. The number of thioether (sulfide) groups is 1. The number of carbonyl (C=O) groups excluding carboxylic acids is 1. The van der Waals surface area contributed by atoms with Crippen molar-refractivity contribution in [1.82, 2.24) is 0 Å². The minimum atomic E-state index is -1.00. The fraction of sp³-hybridized carbons (Fsp3) is 0.357. The van der Waals surface area contributed by atoms with Crippen molar-refractivity contribution in [2.75, 3.05) is 0 Å². The summed E-state index contributed by atoms with van der Waals surface area (Å²) in [5, 5.41) is 11.0. The highest BCUT2D eigenvalue weighted by molar-refractivity contribution is 8.03. The van der Waals surface area contributed by atoms with Crippen molar-refractivity contribution in [1.29, 1.82) is 0 Å². The van der Waals surface area contributed by atoms with Gasteiger partial charge in [-0.1, -0.05) is 29.5 Å². The van der Waals surface area contributed by atoms with Gasteiger partial charge in [0.25, 0.3) is 0 Å². The SMILES string of the molecule is Cc1ccc(SC2=C(C(=O)[O-])CCCC2)cc1. The number of carboxylic acids is 1. The van der Waals surface area contributed by atoms with Gasteiger partial charge in [0.05, 0.1) is 5.97 Å². The van der Waals surface area contributed by atoms with Crippen LogP contribution in [0.15, 0.2) is 39.6 Å². The van der Waals surface area contributed by atoms with Crippen molar-refractivity contribution in [3.05, 3.63) is 40.3 Å². The van der Waals surface area contributed by atoms with E-state index in [2.05, 4.69) is 0 Å². The van der Waals surface area contributed by atoms with Crippen LogP contribution in [-0.2, 0) is 4.79 Å². The van der Waals surface area contributed by atoms with Crippen molar-refractivity contribution >= 4 is 17.7 Å². The molecule has 0 atom stereocenters. The summed E-state index contributed by atoms with van der Waals surface area (Å²) in [7, 11) is 0. The lowest BCUT2D eigenvalue weighted by molar-refractivity contribution is -0.299. The van der Waals surface area contributed by atoms with E-state index in [4.69, 9.17) is 0 Å². The maximum absolute atomic E-state index is 11.0. The number of aryl methyl sites for hydroxylation is 1. The van der Waals surface area contributed by atoms with Crippen LogP contribution in [0.4, 0.5) is 0 Å². The molecular weight excluding hydrogens is 232 g/mol. The van der Waals surface area contributed by atoms with Gasteiger partial charge in [-0.25, -0.2) is 0 Å². The fourth-order valence-corrected chi connectivity index (χ4v) is 3.07. The van der Waals surface area contributed by atoms with Crippen molar-refractivity contribution < 1.29 is 9.90 Å². The first-order valence-corrected chi connectivity index (χ1v) is 6.66. The Bertz CT molecular complexity index is 446. The third kappa shape index (κ3) is 3.13. The van der Waals surface area contributed by atoms with Crippen LogP contribution in [0.3, 0.4) is 0 Å². The van der Waals surface area contributed by atoms with E-state index in [0.29, 0.717) is 12.0 Å². The summed E-state index contributed by atoms with van der Waals surface area (Å²) >= 11 is 1.57. The van der Waals surface area contributed by atoms with Gasteiger partial charge in [0.1, 0.15) is 0 Å². The van der Waals surface area contributed by atoms with Gasteiger partial charge in [-0.15, -0.1) is 0 Å². The monoisotopic (exact) mass is 247 g/mol. The third-order valence-corrected chi connectivity index (χ3v) is 4.13. The topological polar surface area (TPSA) is 40.1 Å². The number of rotatable bonds is 3. The summed E-state index contributed by atoms with van der Waals surface area (Å²) in [5.41, 5.74) is 1.72. The highest BCUT2D eigenvalue weighted by Crippen LogP contribution is 2.37. The molecule has 0 N–H and O–H groups in total. The molecule has 0 aromatic heterocycles. The van der Waals surface area contributed by atoms with E-state index in [1.807, 2.05) is 31.2 Å². The summed E-state index contributed by atoms with van der Waals surface area (Å²) < 4.78 is 0. The molecule has 3 heteroatoms. The molecule has 90 valence electrons. The van der Waals surface area contributed by atoms with Crippen LogP contribution in [0.2, 0.25) is 0 Å². The first-order chi connectivity index (χ1) is 8.16. The highest BCUT2D eigenvalue weighted by Gasteiger charge is 2.14. The smallest absolute Gasteiger partial charge is 0.0682 e. The molecule has 0 amide bonds. The van der Waals surface area contributed by atoms with Gasteiger partial charge in [-0.05, 0) is 55.2 Å². The lowest BCUT2D eigenvalue weighted by atomic mass is 9.99. The lowest BCUT2D eigenvalue weighted by Crippen LogP contribution is -2.26. The lowest BCUT2D eigenvalue weighted by Gasteiger charge is -2.20. The number of carboxylic acid groups (broad SMARTS) is 1. The van der Waals surface area contributed by atoms with E-state index in [0.717, 1.165) is 29.1 Å². The van der Waals surface area contributed by atoms with Gasteiger partial charge in [0.15, 0.2) is 0 Å². The normalized spacial score (nSPS) is 16.1. The molecule has 0 saturated heterocycles. The molecule has 0 fully saturated rings. The van der Waals surface area contributed by atoms with E-state index in [1.54, 1.807) is 11.8 Å². The molecule has 1 aliphatic rings. The molecule has 1 aromatic rings. The molecule has 2 rings (SSSR count). The number of benzene rings is 1. The molecule has 0 aliphatic heterocycles. The minimum Gasteiger partial charge on any atom is -0.545 e. The average molecular weight is 247 g/mol. The molecule has 0 bridgehead atoms. The number of hydrogen-bond acceptors (Lipinski definition) is 3. The van der Waals surface area contributed by atoms with Crippen LogP contribution in [-0.4, -0.2) is 5.97 Å². The van der Waals surface area contributed by atoms with Crippen LogP contribution in [0.1, 0.15) is 31.2 Å².